The van der Waals surface area contributed by atoms with E-state index in [1.807, 2.05) is 19.3 Å². The predicted molar refractivity (Wildman–Crippen MR) is 127 cm³/mol. The largest absolute Gasteiger partial charge is 0.383 e. The Labute approximate surface area is 184 Å². The molecule has 0 atom stereocenters. The molecule has 5 rings (SSSR count). The molecule has 0 bridgehead atoms. The maximum absolute atomic E-state index is 5.91. The van der Waals surface area contributed by atoms with Crippen LogP contribution in [0.25, 0.3) is 16.7 Å². The van der Waals surface area contributed by atoms with Crippen LogP contribution in [0.3, 0.4) is 0 Å². The number of hydrogen-bond acceptors (Lipinski definition) is 5. The lowest BCUT2D eigenvalue weighted by molar-refractivity contribution is 0.148. The minimum absolute atomic E-state index is 0.589. The van der Waals surface area contributed by atoms with Crippen molar-refractivity contribution in [3.8, 4) is 11.1 Å². The SMILES string of the molecule is Cc1cc(C2=CCc3ncc(-c4ccc(CN5CCN(C)CC5)cc4)cc32)cnc1N. The summed E-state index contributed by atoms with van der Waals surface area (Å²) >= 11 is 0. The van der Waals surface area contributed by atoms with E-state index in [9.17, 15) is 0 Å². The molecule has 3 heterocycles. The fourth-order valence-corrected chi connectivity index (χ4v) is 4.43. The molecule has 2 aromatic heterocycles. The molecule has 0 unspecified atom stereocenters. The number of piperazine rings is 1. The van der Waals surface area contributed by atoms with Gasteiger partial charge in [0.2, 0.25) is 0 Å². The van der Waals surface area contributed by atoms with Gasteiger partial charge in [0.25, 0.3) is 0 Å². The van der Waals surface area contributed by atoms with E-state index in [0.29, 0.717) is 5.82 Å². The van der Waals surface area contributed by atoms with Gasteiger partial charge in [-0.15, -0.1) is 0 Å². The van der Waals surface area contributed by atoms with E-state index in [0.717, 1.165) is 61.5 Å². The van der Waals surface area contributed by atoms with Crippen LogP contribution in [0, 0.1) is 6.92 Å². The molecular formula is C26H29N5. The van der Waals surface area contributed by atoms with Gasteiger partial charge in [0, 0.05) is 68.2 Å². The maximum Gasteiger partial charge on any atom is 0.126 e. The Kier molecular flexibility index (Phi) is 5.30. The average Bonchev–Trinajstić information content (AvgIpc) is 3.21. The minimum Gasteiger partial charge on any atom is -0.383 e. The molecule has 3 aromatic rings. The van der Waals surface area contributed by atoms with Crippen LogP contribution in [-0.4, -0.2) is 53.0 Å². The molecule has 2 N–H and O–H groups in total. The first-order valence-electron chi connectivity index (χ1n) is 11.0. The minimum atomic E-state index is 0.589. The van der Waals surface area contributed by atoms with Crippen molar-refractivity contribution in [3.05, 3.63) is 82.8 Å². The van der Waals surface area contributed by atoms with Gasteiger partial charge in [-0.3, -0.25) is 9.88 Å². The summed E-state index contributed by atoms with van der Waals surface area (Å²) in [6.07, 6.45) is 6.96. The lowest BCUT2D eigenvalue weighted by atomic mass is 9.97. The van der Waals surface area contributed by atoms with Crippen molar-refractivity contribution < 1.29 is 0 Å². The normalized spacial score (nSPS) is 16.9. The molecule has 1 saturated heterocycles. The summed E-state index contributed by atoms with van der Waals surface area (Å²) in [5.41, 5.74) is 15.3. The number of aryl methyl sites for hydroxylation is 1. The summed E-state index contributed by atoms with van der Waals surface area (Å²) in [7, 11) is 2.20. The number of benzene rings is 1. The second-order valence-corrected chi connectivity index (χ2v) is 8.74. The van der Waals surface area contributed by atoms with Gasteiger partial charge in [0.05, 0.1) is 5.69 Å². The van der Waals surface area contributed by atoms with Gasteiger partial charge < -0.3 is 10.6 Å². The van der Waals surface area contributed by atoms with Crippen LogP contribution < -0.4 is 5.73 Å². The van der Waals surface area contributed by atoms with Gasteiger partial charge in [-0.05, 0) is 48.4 Å². The molecule has 31 heavy (non-hydrogen) atoms. The number of fused-ring (bicyclic) bond motifs is 1. The van der Waals surface area contributed by atoms with E-state index in [1.54, 1.807) is 0 Å². The van der Waals surface area contributed by atoms with Crippen molar-refractivity contribution in [2.24, 2.45) is 0 Å². The van der Waals surface area contributed by atoms with Gasteiger partial charge >= 0.3 is 0 Å². The molecule has 0 radical (unpaired) electrons. The van der Waals surface area contributed by atoms with Crippen molar-refractivity contribution in [3.63, 3.8) is 0 Å². The van der Waals surface area contributed by atoms with Crippen molar-refractivity contribution >= 4 is 11.4 Å². The summed E-state index contributed by atoms with van der Waals surface area (Å²) in [5, 5.41) is 0. The fraction of sp³-hybridized carbons (Fsp3) is 0.308. The molecule has 2 aliphatic rings. The maximum atomic E-state index is 5.91. The van der Waals surface area contributed by atoms with Crippen LogP contribution in [0.1, 0.15) is 27.9 Å². The average molecular weight is 412 g/mol. The molecule has 1 aromatic carbocycles. The molecule has 158 valence electrons. The number of nitrogen functional groups attached to an aromatic ring is 1. The highest BCUT2D eigenvalue weighted by molar-refractivity contribution is 5.86. The van der Waals surface area contributed by atoms with Crippen molar-refractivity contribution in [1.82, 2.24) is 19.8 Å². The first-order valence-corrected chi connectivity index (χ1v) is 11.0. The zero-order valence-electron chi connectivity index (χ0n) is 18.3. The quantitative estimate of drug-likeness (QED) is 0.708. The van der Waals surface area contributed by atoms with E-state index in [2.05, 4.69) is 64.3 Å². The predicted octanol–water partition coefficient (Wildman–Crippen LogP) is 3.77. The standard InChI is InChI=1S/C26H29N5/c1-18-13-22(16-29-26(18)27)23-7-8-25-24(23)14-21(15-28-25)20-5-3-19(4-6-20)17-31-11-9-30(2)10-12-31/h3-7,13-16H,8-12,17H2,1-2H3,(H2,27,29). The lowest BCUT2D eigenvalue weighted by Gasteiger charge is -2.32. The fourth-order valence-electron chi connectivity index (χ4n) is 4.43. The Morgan fingerprint density at radius 1 is 0.903 bits per heavy atom. The first-order chi connectivity index (χ1) is 15.1. The van der Waals surface area contributed by atoms with Crippen LogP contribution in [0.2, 0.25) is 0 Å². The highest BCUT2D eigenvalue weighted by Gasteiger charge is 2.19. The molecule has 5 nitrogen and oxygen atoms in total. The Morgan fingerprint density at radius 3 is 2.39 bits per heavy atom. The summed E-state index contributed by atoms with van der Waals surface area (Å²) in [6, 6.07) is 13.3. The third kappa shape index (κ3) is 4.11. The molecule has 0 spiro atoms. The smallest absolute Gasteiger partial charge is 0.126 e. The first kappa shape index (κ1) is 19.9. The Balaban J connectivity index is 1.36. The van der Waals surface area contributed by atoms with Crippen molar-refractivity contribution in [2.45, 2.75) is 19.9 Å². The Hall–Kier alpha value is -3.02. The number of pyridine rings is 2. The van der Waals surface area contributed by atoms with E-state index in [-0.39, 0.29) is 0 Å². The summed E-state index contributed by atoms with van der Waals surface area (Å²) in [4.78, 5) is 14.0. The Bertz CT molecular complexity index is 1130. The van der Waals surface area contributed by atoms with Crippen LogP contribution in [-0.2, 0) is 13.0 Å². The third-order valence-electron chi connectivity index (χ3n) is 6.48. The Morgan fingerprint density at radius 2 is 1.65 bits per heavy atom. The number of nitrogens with two attached hydrogens (primary N) is 1. The van der Waals surface area contributed by atoms with Crippen LogP contribution in [0.15, 0.2) is 54.9 Å². The van der Waals surface area contributed by atoms with Crippen LogP contribution in [0.4, 0.5) is 5.82 Å². The lowest BCUT2D eigenvalue weighted by Crippen LogP contribution is -2.43. The zero-order valence-corrected chi connectivity index (χ0v) is 18.3. The highest BCUT2D eigenvalue weighted by Crippen LogP contribution is 2.34. The number of rotatable bonds is 4. The second kappa shape index (κ2) is 8.25. The van der Waals surface area contributed by atoms with Gasteiger partial charge in [-0.1, -0.05) is 30.3 Å². The van der Waals surface area contributed by atoms with Gasteiger partial charge in [-0.2, -0.15) is 0 Å². The van der Waals surface area contributed by atoms with Gasteiger partial charge in [0.1, 0.15) is 5.82 Å². The molecule has 1 aliphatic carbocycles. The second-order valence-electron chi connectivity index (χ2n) is 8.74. The number of aromatic nitrogens is 2. The number of allylic oxidation sites excluding steroid dienone is 1. The topological polar surface area (TPSA) is 58.3 Å². The molecule has 5 heteroatoms. The number of nitrogens with zero attached hydrogens (tertiary/aromatic N) is 4. The van der Waals surface area contributed by atoms with Crippen molar-refractivity contribution in [1.29, 1.82) is 0 Å². The van der Waals surface area contributed by atoms with E-state index in [4.69, 9.17) is 10.7 Å². The number of hydrogen-bond donors (Lipinski definition) is 1. The summed E-state index contributed by atoms with van der Waals surface area (Å²) < 4.78 is 0. The van der Waals surface area contributed by atoms with Gasteiger partial charge in [0.15, 0.2) is 0 Å². The van der Waals surface area contributed by atoms with E-state index >= 15 is 0 Å². The number of likely N-dealkylation sites (N-methyl/N-ethyl adjacent to an activating group) is 1. The van der Waals surface area contributed by atoms with Crippen LogP contribution >= 0.6 is 0 Å². The highest BCUT2D eigenvalue weighted by atomic mass is 15.2. The summed E-state index contributed by atoms with van der Waals surface area (Å²) in [6.45, 7) is 7.60. The summed E-state index contributed by atoms with van der Waals surface area (Å²) in [5.74, 6) is 0.589. The monoisotopic (exact) mass is 411 g/mol. The third-order valence-corrected chi connectivity index (χ3v) is 6.48. The zero-order chi connectivity index (χ0) is 21.4. The van der Waals surface area contributed by atoms with Crippen LogP contribution in [0.5, 0.6) is 0 Å². The number of anilines is 1. The molecule has 0 amide bonds. The molecule has 0 saturated carbocycles. The molecule has 1 fully saturated rings. The van der Waals surface area contributed by atoms with E-state index in [1.165, 1.54) is 22.3 Å². The van der Waals surface area contributed by atoms with E-state index < -0.39 is 0 Å². The molecule has 1 aliphatic heterocycles. The van der Waals surface area contributed by atoms with Gasteiger partial charge in [-0.25, -0.2) is 4.98 Å². The molecular weight excluding hydrogens is 382 g/mol. The van der Waals surface area contributed by atoms with Crippen molar-refractivity contribution in [2.75, 3.05) is 39.0 Å².